The van der Waals surface area contributed by atoms with Crippen molar-refractivity contribution in [1.29, 1.82) is 0 Å². The highest BCUT2D eigenvalue weighted by molar-refractivity contribution is 7.71. The molecule has 1 saturated heterocycles. The molecule has 0 unspecified atom stereocenters. The van der Waals surface area contributed by atoms with E-state index in [0.29, 0.717) is 41.9 Å². The summed E-state index contributed by atoms with van der Waals surface area (Å²) in [5, 5.41) is 11.3. The van der Waals surface area contributed by atoms with Crippen LogP contribution in [-0.4, -0.2) is 66.8 Å². The lowest BCUT2D eigenvalue weighted by Gasteiger charge is -2.34. The van der Waals surface area contributed by atoms with E-state index in [1.54, 1.807) is 4.57 Å². The van der Waals surface area contributed by atoms with Gasteiger partial charge in [-0.3, -0.25) is 19.4 Å². The van der Waals surface area contributed by atoms with Gasteiger partial charge in [-0.15, -0.1) is 0 Å². The molecule has 0 saturated carbocycles. The van der Waals surface area contributed by atoms with Crippen molar-refractivity contribution < 1.29 is 9.32 Å². The number of H-pyrrole nitrogens is 1. The maximum Gasteiger partial charge on any atom is 0.242 e. The predicted octanol–water partition coefficient (Wildman–Crippen LogP) is 3.62. The second kappa shape index (κ2) is 9.93. The average Bonchev–Trinajstić information content (AvgIpc) is 3.47. The minimum absolute atomic E-state index is 0.0231. The van der Waals surface area contributed by atoms with Gasteiger partial charge in [-0.2, -0.15) is 10.1 Å². The van der Waals surface area contributed by atoms with Crippen LogP contribution in [0.5, 0.6) is 0 Å². The molecule has 4 aromatic rings. The molecule has 5 rings (SSSR count). The van der Waals surface area contributed by atoms with Crippen molar-refractivity contribution in [1.82, 2.24) is 34.7 Å². The summed E-state index contributed by atoms with van der Waals surface area (Å²) in [5.74, 6) is 1.86. The van der Waals surface area contributed by atoms with Crippen molar-refractivity contribution in [3.05, 3.63) is 70.3 Å². The Morgan fingerprint density at radius 1 is 0.971 bits per heavy atom. The predicted molar refractivity (Wildman–Crippen MR) is 134 cm³/mol. The maximum absolute atomic E-state index is 13.1. The Balaban J connectivity index is 1.17. The lowest BCUT2D eigenvalue weighted by atomic mass is 10.1. The van der Waals surface area contributed by atoms with Crippen molar-refractivity contribution in [3.63, 3.8) is 0 Å². The number of carbonyl (C=O) groups is 1. The molecule has 0 aliphatic carbocycles. The molecule has 9 nitrogen and oxygen atoms in total. The van der Waals surface area contributed by atoms with Crippen molar-refractivity contribution in [3.8, 4) is 22.8 Å². The van der Waals surface area contributed by atoms with E-state index in [0.717, 1.165) is 29.8 Å². The Labute approximate surface area is 208 Å². The Kier molecular flexibility index (Phi) is 6.56. The monoisotopic (exact) mass is 489 g/mol. The molecule has 1 aliphatic rings. The second-order valence-corrected chi connectivity index (χ2v) is 9.23. The molecule has 0 atom stereocenters. The normalized spacial score (nSPS) is 14.4. The molecule has 10 heteroatoms. The smallest absolute Gasteiger partial charge is 0.242 e. The van der Waals surface area contributed by atoms with Gasteiger partial charge in [-0.1, -0.05) is 64.8 Å². The minimum atomic E-state index is 0.0231. The van der Waals surface area contributed by atoms with E-state index in [4.69, 9.17) is 16.7 Å². The van der Waals surface area contributed by atoms with Gasteiger partial charge in [0.25, 0.3) is 0 Å². The molecule has 0 spiro atoms. The maximum atomic E-state index is 13.1. The summed E-state index contributed by atoms with van der Waals surface area (Å²) < 4.78 is 7.67. The van der Waals surface area contributed by atoms with E-state index in [1.807, 2.05) is 67.3 Å². The molecule has 3 heterocycles. The lowest BCUT2D eigenvalue weighted by Crippen LogP contribution is -2.49. The summed E-state index contributed by atoms with van der Waals surface area (Å²) in [7, 11) is 0. The Bertz CT molecular complexity index is 1360. The van der Waals surface area contributed by atoms with Crippen molar-refractivity contribution in [2.24, 2.45) is 0 Å². The number of hydrogen-bond acceptors (Lipinski definition) is 7. The number of rotatable bonds is 6. The van der Waals surface area contributed by atoms with Crippen LogP contribution in [0.4, 0.5) is 0 Å². The molecule has 180 valence electrons. The number of amides is 1. The molecule has 2 aromatic carbocycles. The van der Waals surface area contributed by atoms with Crippen LogP contribution in [0.25, 0.3) is 22.8 Å². The van der Waals surface area contributed by atoms with Crippen LogP contribution in [-0.2, 0) is 17.9 Å². The summed E-state index contributed by atoms with van der Waals surface area (Å²) in [6.07, 6.45) is 0. The summed E-state index contributed by atoms with van der Waals surface area (Å²) in [6.45, 7) is 7.51. The fraction of sp³-hybridized carbons (Fsp3) is 0.320. The van der Waals surface area contributed by atoms with Gasteiger partial charge in [0.2, 0.25) is 17.6 Å². The van der Waals surface area contributed by atoms with Gasteiger partial charge in [-0.25, -0.2) is 0 Å². The van der Waals surface area contributed by atoms with Crippen molar-refractivity contribution in [2.45, 2.75) is 26.9 Å². The third-order valence-electron chi connectivity index (χ3n) is 6.22. The van der Waals surface area contributed by atoms with Crippen LogP contribution in [0.1, 0.15) is 17.0 Å². The van der Waals surface area contributed by atoms with Gasteiger partial charge in [0.1, 0.15) is 6.54 Å². The van der Waals surface area contributed by atoms with Gasteiger partial charge < -0.3 is 9.42 Å². The SMILES string of the molecule is Cc1ccc(-c2noc(CN3CCN(C(=O)Cn4c(-c5ccc(C)cc5)n[nH]c4=S)CC3)n2)cc1. The van der Waals surface area contributed by atoms with Gasteiger partial charge in [0, 0.05) is 37.3 Å². The zero-order valence-electron chi connectivity index (χ0n) is 19.8. The van der Waals surface area contributed by atoms with E-state index in [2.05, 4.69) is 25.2 Å². The van der Waals surface area contributed by atoms with E-state index in [1.165, 1.54) is 5.56 Å². The van der Waals surface area contributed by atoms with Gasteiger partial charge in [0.15, 0.2) is 10.6 Å². The summed E-state index contributed by atoms with van der Waals surface area (Å²) in [6, 6.07) is 16.1. The van der Waals surface area contributed by atoms with E-state index < -0.39 is 0 Å². The van der Waals surface area contributed by atoms with Gasteiger partial charge in [-0.05, 0) is 26.1 Å². The van der Waals surface area contributed by atoms with Crippen molar-refractivity contribution >= 4 is 18.1 Å². The molecular weight excluding hydrogens is 462 g/mol. The highest BCUT2D eigenvalue weighted by Crippen LogP contribution is 2.19. The first-order chi connectivity index (χ1) is 17.0. The van der Waals surface area contributed by atoms with Crippen LogP contribution in [0.3, 0.4) is 0 Å². The first-order valence-electron chi connectivity index (χ1n) is 11.6. The average molecular weight is 490 g/mol. The topological polar surface area (TPSA) is 96.1 Å². The van der Waals surface area contributed by atoms with Crippen LogP contribution in [0.15, 0.2) is 53.1 Å². The molecule has 35 heavy (non-hydrogen) atoms. The highest BCUT2D eigenvalue weighted by atomic mass is 32.1. The number of nitrogens with zero attached hydrogens (tertiary/aromatic N) is 6. The number of benzene rings is 2. The van der Waals surface area contributed by atoms with Crippen molar-refractivity contribution in [2.75, 3.05) is 26.2 Å². The van der Waals surface area contributed by atoms with Gasteiger partial charge >= 0.3 is 0 Å². The largest absolute Gasteiger partial charge is 0.339 e. The second-order valence-electron chi connectivity index (χ2n) is 8.84. The third-order valence-corrected chi connectivity index (χ3v) is 6.53. The minimum Gasteiger partial charge on any atom is -0.339 e. The van der Waals surface area contributed by atoms with Crippen LogP contribution in [0, 0.1) is 18.6 Å². The number of aromatic amines is 1. The Morgan fingerprint density at radius 2 is 1.60 bits per heavy atom. The van der Waals surface area contributed by atoms with E-state index >= 15 is 0 Å². The van der Waals surface area contributed by atoms with E-state index in [9.17, 15) is 4.79 Å². The highest BCUT2D eigenvalue weighted by Gasteiger charge is 2.24. The lowest BCUT2D eigenvalue weighted by molar-refractivity contribution is -0.133. The molecule has 2 aromatic heterocycles. The third kappa shape index (κ3) is 5.23. The zero-order valence-corrected chi connectivity index (χ0v) is 20.6. The van der Waals surface area contributed by atoms with Gasteiger partial charge in [0.05, 0.1) is 6.54 Å². The number of aromatic nitrogens is 5. The molecule has 1 N–H and O–H groups in total. The molecule has 1 fully saturated rings. The molecule has 1 aliphatic heterocycles. The Hall–Kier alpha value is -3.63. The number of hydrogen-bond donors (Lipinski definition) is 1. The van der Waals surface area contributed by atoms with Crippen LogP contribution < -0.4 is 0 Å². The summed E-state index contributed by atoms with van der Waals surface area (Å²) in [5.41, 5.74) is 4.20. The molecule has 1 amide bonds. The number of nitrogens with one attached hydrogen (secondary N) is 1. The molecular formula is C25H27N7O2S. The molecule has 0 radical (unpaired) electrons. The first-order valence-corrected chi connectivity index (χ1v) is 12.0. The van der Waals surface area contributed by atoms with Crippen LogP contribution >= 0.6 is 12.2 Å². The quantitative estimate of drug-likeness (QED) is 0.413. The Morgan fingerprint density at radius 3 is 2.26 bits per heavy atom. The standard InChI is InChI=1S/C25H27N7O2S/c1-17-3-7-19(8-4-17)23-26-21(34-29-23)15-30-11-13-31(14-12-30)22(33)16-32-24(27-28-25(32)35)20-9-5-18(2)6-10-20/h3-10H,11-16H2,1-2H3,(H,28,35). The van der Waals surface area contributed by atoms with Crippen LogP contribution in [0.2, 0.25) is 0 Å². The number of carbonyl (C=O) groups excluding carboxylic acids is 1. The fourth-order valence-corrected chi connectivity index (χ4v) is 4.30. The number of piperazine rings is 1. The first kappa shape index (κ1) is 23.1. The summed E-state index contributed by atoms with van der Waals surface area (Å²) >= 11 is 5.40. The summed E-state index contributed by atoms with van der Waals surface area (Å²) in [4.78, 5) is 21.7. The number of aryl methyl sites for hydroxylation is 2. The molecule has 0 bridgehead atoms. The van der Waals surface area contributed by atoms with E-state index in [-0.39, 0.29) is 12.5 Å². The zero-order chi connectivity index (χ0) is 24.4. The fourth-order valence-electron chi connectivity index (χ4n) is 4.11.